The highest BCUT2D eigenvalue weighted by molar-refractivity contribution is 7.09. The average Bonchev–Trinajstić information content (AvgIpc) is 2.69. The lowest BCUT2D eigenvalue weighted by Crippen LogP contribution is -2.22. The van der Waals surface area contributed by atoms with Gasteiger partial charge in [0, 0.05) is 23.8 Å². The first-order valence-corrected chi connectivity index (χ1v) is 5.28. The van der Waals surface area contributed by atoms with Gasteiger partial charge in [-0.2, -0.15) is 0 Å². The Balaban J connectivity index is 2.06. The molecule has 0 aromatic carbocycles. The Morgan fingerprint density at radius 3 is 3.07 bits per heavy atom. The lowest BCUT2D eigenvalue weighted by atomic mass is 10.3. The fourth-order valence-corrected chi connectivity index (χ4v) is 1.94. The van der Waals surface area contributed by atoms with Gasteiger partial charge in [0.1, 0.15) is 0 Å². The molecule has 0 aliphatic heterocycles. The molecule has 3 nitrogen and oxygen atoms in total. The van der Waals surface area contributed by atoms with Crippen LogP contribution in [0.15, 0.2) is 40.8 Å². The van der Waals surface area contributed by atoms with Gasteiger partial charge < -0.3 is 0 Å². The first-order chi connectivity index (χ1) is 6.86. The molecule has 0 amide bonds. The molecule has 14 heavy (non-hydrogen) atoms. The number of rotatable bonds is 3. The summed E-state index contributed by atoms with van der Waals surface area (Å²) in [6.07, 6.45) is 4.18. The first-order valence-electron chi connectivity index (χ1n) is 4.40. The van der Waals surface area contributed by atoms with Crippen molar-refractivity contribution in [2.24, 2.45) is 0 Å². The molecule has 0 unspecified atom stereocenters. The summed E-state index contributed by atoms with van der Waals surface area (Å²) in [4.78, 5) is 16.2. The largest absolute Gasteiger partial charge is 0.347 e. The molecule has 0 aliphatic carbocycles. The third kappa shape index (κ3) is 2.09. The minimum Gasteiger partial charge on any atom is -0.299 e. The van der Waals surface area contributed by atoms with E-state index in [1.165, 1.54) is 11.1 Å². The third-order valence-corrected chi connectivity index (χ3v) is 2.90. The standard InChI is InChI=1S/C10H10N2OS/c13-10-11-5-2-6-12(10)7-4-9-3-1-8-14-9/h1-3,5-6,8H,4,7H2. The Bertz CT molecular complexity index is 447. The van der Waals surface area contributed by atoms with Crippen LogP contribution in [0.4, 0.5) is 0 Å². The van der Waals surface area contributed by atoms with E-state index < -0.39 is 0 Å². The van der Waals surface area contributed by atoms with Crippen LogP contribution in [-0.2, 0) is 13.0 Å². The third-order valence-electron chi connectivity index (χ3n) is 1.96. The lowest BCUT2D eigenvalue weighted by molar-refractivity contribution is 0.653. The van der Waals surface area contributed by atoms with Crippen LogP contribution in [0.2, 0.25) is 0 Å². The van der Waals surface area contributed by atoms with E-state index in [-0.39, 0.29) is 5.69 Å². The molecule has 0 aliphatic rings. The van der Waals surface area contributed by atoms with Gasteiger partial charge in [-0.05, 0) is 23.9 Å². The Morgan fingerprint density at radius 2 is 2.36 bits per heavy atom. The molecule has 4 heteroatoms. The topological polar surface area (TPSA) is 34.9 Å². The molecule has 0 atom stereocenters. The predicted molar refractivity (Wildman–Crippen MR) is 56.5 cm³/mol. The molecular weight excluding hydrogens is 196 g/mol. The molecule has 0 bridgehead atoms. The van der Waals surface area contributed by atoms with Crippen molar-refractivity contribution in [3.05, 3.63) is 51.3 Å². The zero-order valence-electron chi connectivity index (χ0n) is 7.59. The van der Waals surface area contributed by atoms with Crippen LogP contribution in [0.25, 0.3) is 0 Å². The van der Waals surface area contributed by atoms with E-state index in [9.17, 15) is 4.79 Å². The summed E-state index contributed by atoms with van der Waals surface area (Å²) in [5, 5.41) is 2.04. The summed E-state index contributed by atoms with van der Waals surface area (Å²) in [6.45, 7) is 0.702. The van der Waals surface area contributed by atoms with Crippen LogP contribution in [0.3, 0.4) is 0 Å². The fraction of sp³-hybridized carbons (Fsp3) is 0.200. The van der Waals surface area contributed by atoms with Gasteiger partial charge in [-0.15, -0.1) is 11.3 Å². The van der Waals surface area contributed by atoms with Crippen molar-refractivity contribution in [2.45, 2.75) is 13.0 Å². The second-order valence-electron chi connectivity index (χ2n) is 2.93. The summed E-state index contributed by atoms with van der Waals surface area (Å²) >= 11 is 1.71. The summed E-state index contributed by atoms with van der Waals surface area (Å²) in [5.74, 6) is 0. The van der Waals surface area contributed by atoms with Gasteiger partial charge in [0.05, 0.1) is 0 Å². The van der Waals surface area contributed by atoms with Gasteiger partial charge in [-0.25, -0.2) is 9.78 Å². The van der Waals surface area contributed by atoms with Crippen molar-refractivity contribution in [1.29, 1.82) is 0 Å². The van der Waals surface area contributed by atoms with Gasteiger partial charge in [0.15, 0.2) is 0 Å². The van der Waals surface area contributed by atoms with E-state index in [1.54, 1.807) is 28.2 Å². The molecule has 0 fully saturated rings. The number of aromatic nitrogens is 2. The summed E-state index contributed by atoms with van der Waals surface area (Å²) in [5.41, 5.74) is -0.177. The lowest BCUT2D eigenvalue weighted by Gasteiger charge is -2.01. The van der Waals surface area contributed by atoms with Gasteiger partial charge in [0.2, 0.25) is 0 Å². The summed E-state index contributed by atoms with van der Waals surface area (Å²) < 4.78 is 1.62. The highest BCUT2D eigenvalue weighted by Crippen LogP contribution is 2.09. The molecule has 2 rings (SSSR count). The minimum atomic E-state index is -0.177. The van der Waals surface area contributed by atoms with E-state index >= 15 is 0 Å². The van der Waals surface area contributed by atoms with Crippen molar-refractivity contribution in [2.75, 3.05) is 0 Å². The van der Waals surface area contributed by atoms with E-state index in [1.807, 2.05) is 11.4 Å². The first kappa shape index (κ1) is 9.15. The van der Waals surface area contributed by atoms with Gasteiger partial charge >= 0.3 is 5.69 Å². The van der Waals surface area contributed by atoms with Gasteiger partial charge in [-0.1, -0.05) is 6.07 Å². The highest BCUT2D eigenvalue weighted by atomic mass is 32.1. The van der Waals surface area contributed by atoms with Crippen LogP contribution in [-0.4, -0.2) is 9.55 Å². The monoisotopic (exact) mass is 206 g/mol. The zero-order chi connectivity index (χ0) is 9.80. The molecule has 0 radical (unpaired) electrons. The van der Waals surface area contributed by atoms with Crippen LogP contribution >= 0.6 is 11.3 Å². The van der Waals surface area contributed by atoms with Crippen molar-refractivity contribution < 1.29 is 0 Å². The minimum absolute atomic E-state index is 0.177. The van der Waals surface area contributed by atoms with Crippen molar-refractivity contribution in [1.82, 2.24) is 9.55 Å². The average molecular weight is 206 g/mol. The smallest absolute Gasteiger partial charge is 0.299 e. The molecule has 2 heterocycles. The van der Waals surface area contributed by atoms with Crippen molar-refractivity contribution in [3.8, 4) is 0 Å². The Kier molecular flexibility index (Phi) is 2.74. The molecule has 72 valence electrons. The van der Waals surface area contributed by atoms with Gasteiger partial charge in [-0.3, -0.25) is 4.57 Å². The number of thiophene rings is 1. The maximum absolute atomic E-state index is 11.2. The maximum atomic E-state index is 11.2. The van der Waals surface area contributed by atoms with Crippen LogP contribution in [0, 0.1) is 0 Å². The summed E-state index contributed by atoms with van der Waals surface area (Å²) in [6, 6.07) is 5.87. The molecule has 2 aromatic heterocycles. The predicted octanol–water partition coefficient (Wildman–Crippen LogP) is 1.55. The molecule has 0 saturated carbocycles. The van der Waals surface area contributed by atoms with Crippen molar-refractivity contribution in [3.63, 3.8) is 0 Å². The maximum Gasteiger partial charge on any atom is 0.347 e. The highest BCUT2D eigenvalue weighted by Gasteiger charge is 1.97. The Hall–Kier alpha value is -1.42. The normalized spacial score (nSPS) is 10.3. The second-order valence-corrected chi connectivity index (χ2v) is 3.96. The molecule has 0 saturated heterocycles. The zero-order valence-corrected chi connectivity index (χ0v) is 8.41. The number of nitrogens with zero attached hydrogens (tertiary/aromatic N) is 2. The van der Waals surface area contributed by atoms with Crippen LogP contribution in [0.1, 0.15) is 4.88 Å². The molecular formula is C10H10N2OS. The number of aryl methyl sites for hydroxylation is 2. The van der Waals surface area contributed by atoms with Crippen LogP contribution in [0.5, 0.6) is 0 Å². The number of hydrogen-bond acceptors (Lipinski definition) is 3. The van der Waals surface area contributed by atoms with E-state index in [0.717, 1.165) is 6.42 Å². The van der Waals surface area contributed by atoms with Crippen molar-refractivity contribution >= 4 is 11.3 Å². The van der Waals surface area contributed by atoms with Gasteiger partial charge in [0.25, 0.3) is 0 Å². The second kappa shape index (κ2) is 4.19. The summed E-state index contributed by atoms with van der Waals surface area (Å²) in [7, 11) is 0. The quantitative estimate of drug-likeness (QED) is 0.763. The molecule has 0 N–H and O–H groups in total. The SMILES string of the molecule is O=c1ncccn1CCc1cccs1. The molecule has 0 spiro atoms. The van der Waals surface area contributed by atoms with E-state index in [4.69, 9.17) is 0 Å². The van der Waals surface area contributed by atoms with Crippen LogP contribution < -0.4 is 5.69 Å². The van der Waals surface area contributed by atoms with E-state index in [0.29, 0.717) is 6.54 Å². The van der Waals surface area contributed by atoms with E-state index in [2.05, 4.69) is 11.1 Å². The Labute approximate surface area is 85.7 Å². The fourth-order valence-electron chi connectivity index (χ4n) is 1.24. The number of hydrogen-bond donors (Lipinski definition) is 0. The Morgan fingerprint density at radius 1 is 1.43 bits per heavy atom. The molecule has 2 aromatic rings.